The van der Waals surface area contributed by atoms with Crippen LogP contribution >= 0.6 is 15.9 Å². The van der Waals surface area contributed by atoms with E-state index in [1.54, 1.807) is 24.7 Å². The second-order valence-corrected chi connectivity index (χ2v) is 4.58. The van der Waals surface area contributed by atoms with Crippen LogP contribution in [0.2, 0.25) is 0 Å². The number of furan rings is 1. The highest BCUT2D eigenvalue weighted by molar-refractivity contribution is 9.10. The third-order valence-corrected chi connectivity index (χ3v) is 3.18. The summed E-state index contributed by atoms with van der Waals surface area (Å²) in [4.78, 5) is 0. The predicted molar refractivity (Wildman–Crippen MR) is 66.6 cm³/mol. The smallest absolute Gasteiger partial charge is 0.137 e. The number of hydrazine groups is 1. The van der Waals surface area contributed by atoms with Crippen LogP contribution < -0.4 is 11.3 Å². The number of hydrogen-bond acceptors (Lipinski definition) is 3. The molecule has 90 valence electrons. The first-order valence-corrected chi connectivity index (χ1v) is 5.92. The first kappa shape index (κ1) is 12.3. The molecule has 0 radical (unpaired) electrons. The van der Waals surface area contributed by atoms with Gasteiger partial charge in [0.25, 0.3) is 0 Å². The molecular formula is C12H12BrFN2O. The number of halogens is 2. The number of benzene rings is 1. The lowest BCUT2D eigenvalue weighted by molar-refractivity contribution is 0.525. The summed E-state index contributed by atoms with van der Waals surface area (Å²) in [5.74, 6) is 5.23. The van der Waals surface area contributed by atoms with Crippen LogP contribution in [-0.4, -0.2) is 0 Å². The summed E-state index contributed by atoms with van der Waals surface area (Å²) < 4.78 is 18.6. The third kappa shape index (κ3) is 2.94. The number of nitrogens with one attached hydrogen (secondary N) is 1. The van der Waals surface area contributed by atoms with Gasteiger partial charge in [0.15, 0.2) is 0 Å². The Morgan fingerprint density at radius 2 is 2.24 bits per heavy atom. The van der Waals surface area contributed by atoms with Crippen molar-refractivity contribution in [3.8, 4) is 0 Å². The average Bonchev–Trinajstić information content (AvgIpc) is 2.84. The average molecular weight is 299 g/mol. The number of rotatable bonds is 4. The Bertz CT molecular complexity index is 487. The Balaban J connectivity index is 2.16. The van der Waals surface area contributed by atoms with Crippen LogP contribution in [-0.2, 0) is 6.42 Å². The monoisotopic (exact) mass is 298 g/mol. The van der Waals surface area contributed by atoms with Crippen LogP contribution in [0.4, 0.5) is 4.39 Å². The van der Waals surface area contributed by atoms with Crippen LogP contribution in [0.15, 0.2) is 45.7 Å². The SMILES string of the molecule is NNC(Cc1ccc(F)c(Br)c1)c1ccoc1. The van der Waals surface area contributed by atoms with E-state index < -0.39 is 0 Å². The first-order chi connectivity index (χ1) is 8.20. The second-order valence-electron chi connectivity index (χ2n) is 3.73. The molecule has 1 heterocycles. The predicted octanol–water partition coefficient (Wildman–Crippen LogP) is 2.93. The lowest BCUT2D eigenvalue weighted by Crippen LogP contribution is -2.29. The fraction of sp³-hybridized carbons (Fsp3) is 0.167. The Morgan fingerprint density at radius 1 is 1.41 bits per heavy atom. The molecule has 0 aliphatic rings. The van der Waals surface area contributed by atoms with Gasteiger partial charge in [0.2, 0.25) is 0 Å². The molecule has 1 aromatic carbocycles. The van der Waals surface area contributed by atoms with E-state index in [9.17, 15) is 4.39 Å². The highest BCUT2D eigenvalue weighted by atomic mass is 79.9. The van der Waals surface area contributed by atoms with Gasteiger partial charge in [-0.1, -0.05) is 6.07 Å². The highest BCUT2D eigenvalue weighted by Gasteiger charge is 2.12. The van der Waals surface area contributed by atoms with Gasteiger partial charge in [-0.3, -0.25) is 11.3 Å². The Kier molecular flexibility index (Phi) is 3.93. The molecule has 5 heteroatoms. The fourth-order valence-corrected chi connectivity index (χ4v) is 2.07. The van der Waals surface area contributed by atoms with Gasteiger partial charge in [0.05, 0.1) is 23.0 Å². The highest BCUT2D eigenvalue weighted by Crippen LogP contribution is 2.22. The van der Waals surface area contributed by atoms with Crippen LogP contribution in [0.5, 0.6) is 0 Å². The Labute approximate surface area is 107 Å². The van der Waals surface area contributed by atoms with Gasteiger partial charge in [-0.05, 0) is 46.1 Å². The molecular weight excluding hydrogens is 287 g/mol. The Morgan fingerprint density at radius 3 is 2.82 bits per heavy atom. The molecule has 1 atom stereocenters. The number of hydrogen-bond donors (Lipinski definition) is 2. The molecule has 3 N–H and O–H groups in total. The van der Waals surface area contributed by atoms with Crippen molar-refractivity contribution in [2.75, 3.05) is 0 Å². The summed E-state index contributed by atoms with van der Waals surface area (Å²) in [6, 6.07) is 6.72. The van der Waals surface area contributed by atoms with E-state index >= 15 is 0 Å². The van der Waals surface area contributed by atoms with Gasteiger partial charge >= 0.3 is 0 Å². The van der Waals surface area contributed by atoms with E-state index in [2.05, 4.69) is 21.4 Å². The summed E-state index contributed by atoms with van der Waals surface area (Å²) in [6.07, 6.45) is 3.90. The van der Waals surface area contributed by atoms with Crippen molar-refractivity contribution in [3.05, 3.63) is 58.2 Å². The molecule has 0 saturated carbocycles. The van der Waals surface area contributed by atoms with Gasteiger partial charge in [0, 0.05) is 5.56 Å². The molecule has 1 aromatic heterocycles. The quantitative estimate of drug-likeness (QED) is 0.674. The fourth-order valence-electron chi connectivity index (χ4n) is 1.65. The Hall–Kier alpha value is -1.17. The molecule has 1 unspecified atom stereocenters. The van der Waals surface area contributed by atoms with E-state index in [-0.39, 0.29) is 11.9 Å². The van der Waals surface area contributed by atoms with Gasteiger partial charge in [-0.15, -0.1) is 0 Å². The minimum Gasteiger partial charge on any atom is -0.472 e. The third-order valence-electron chi connectivity index (χ3n) is 2.57. The molecule has 0 aliphatic carbocycles. The molecule has 0 fully saturated rings. The second kappa shape index (κ2) is 5.44. The summed E-state index contributed by atoms with van der Waals surface area (Å²) in [6.45, 7) is 0. The maximum atomic E-state index is 13.1. The van der Waals surface area contributed by atoms with E-state index in [4.69, 9.17) is 10.3 Å². The molecule has 2 rings (SSSR count). The van der Waals surface area contributed by atoms with Gasteiger partial charge in [-0.2, -0.15) is 0 Å². The summed E-state index contributed by atoms with van der Waals surface area (Å²) in [7, 11) is 0. The van der Waals surface area contributed by atoms with Crippen molar-refractivity contribution in [2.24, 2.45) is 5.84 Å². The summed E-state index contributed by atoms with van der Waals surface area (Å²) in [5.41, 5.74) is 4.67. The van der Waals surface area contributed by atoms with Gasteiger partial charge in [0.1, 0.15) is 5.82 Å². The van der Waals surface area contributed by atoms with E-state index in [0.29, 0.717) is 10.9 Å². The van der Waals surface area contributed by atoms with Crippen molar-refractivity contribution in [1.82, 2.24) is 5.43 Å². The maximum Gasteiger partial charge on any atom is 0.137 e. The minimum atomic E-state index is -0.269. The maximum absolute atomic E-state index is 13.1. The standard InChI is InChI=1S/C12H12BrFN2O/c13-10-5-8(1-2-11(10)14)6-12(16-15)9-3-4-17-7-9/h1-5,7,12,16H,6,15H2. The van der Waals surface area contributed by atoms with Crippen LogP contribution in [0.25, 0.3) is 0 Å². The molecule has 0 spiro atoms. The zero-order valence-electron chi connectivity index (χ0n) is 8.99. The van der Waals surface area contributed by atoms with Crippen molar-refractivity contribution in [2.45, 2.75) is 12.5 Å². The molecule has 0 amide bonds. The molecule has 3 nitrogen and oxygen atoms in total. The first-order valence-electron chi connectivity index (χ1n) is 5.13. The van der Waals surface area contributed by atoms with E-state index in [0.717, 1.165) is 11.1 Å². The van der Waals surface area contributed by atoms with Gasteiger partial charge < -0.3 is 4.42 Å². The van der Waals surface area contributed by atoms with Crippen LogP contribution in [0.1, 0.15) is 17.2 Å². The molecule has 0 aliphatic heterocycles. The van der Waals surface area contributed by atoms with E-state index in [1.807, 2.05) is 6.07 Å². The van der Waals surface area contributed by atoms with Crippen molar-refractivity contribution < 1.29 is 8.81 Å². The zero-order valence-corrected chi connectivity index (χ0v) is 10.6. The summed E-state index contributed by atoms with van der Waals surface area (Å²) in [5, 5.41) is 0. The van der Waals surface area contributed by atoms with Crippen molar-refractivity contribution in [3.63, 3.8) is 0 Å². The molecule has 2 aromatic rings. The topological polar surface area (TPSA) is 51.2 Å². The summed E-state index contributed by atoms with van der Waals surface area (Å²) >= 11 is 3.16. The van der Waals surface area contributed by atoms with Gasteiger partial charge in [-0.25, -0.2) is 4.39 Å². The van der Waals surface area contributed by atoms with Crippen LogP contribution in [0.3, 0.4) is 0 Å². The van der Waals surface area contributed by atoms with Crippen molar-refractivity contribution >= 4 is 15.9 Å². The lowest BCUT2D eigenvalue weighted by atomic mass is 10.0. The van der Waals surface area contributed by atoms with Crippen molar-refractivity contribution in [1.29, 1.82) is 0 Å². The van der Waals surface area contributed by atoms with E-state index in [1.165, 1.54) is 6.07 Å². The molecule has 0 bridgehead atoms. The molecule has 17 heavy (non-hydrogen) atoms. The van der Waals surface area contributed by atoms with Crippen LogP contribution in [0, 0.1) is 5.82 Å². The zero-order chi connectivity index (χ0) is 12.3. The number of nitrogens with two attached hydrogens (primary N) is 1. The largest absolute Gasteiger partial charge is 0.472 e. The normalized spacial score (nSPS) is 12.6. The lowest BCUT2D eigenvalue weighted by Gasteiger charge is -2.14. The molecule has 0 saturated heterocycles. The minimum absolute atomic E-state index is 0.0499.